The Bertz CT molecular complexity index is 721. The first-order valence-electron chi connectivity index (χ1n) is 8.77. The van der Waals surface area contributed by atoms with Gasteiger partial charge in [0.15, 0.2) is 0 Å². The zero-order chi connectivity index (χ0) is 17.8. The van der Waals surface area contributed by atoms with Crippen LogP contribution in [0.5, 0.6) is 0 Å². The molecule has 1 amide bonds. The highest BCUT2D eigenvalue weighted by Gasteiger charge is 2.23. The van der Waals surface area contributed by atoms with Gasteiger partial charge in [0.1, 0.15) is 0 Å². The van der Waals surface area contributed by atoms with E-state index in [0.29, 0.717) is 11.6 Å². The van der Waals surface area contributed by atoms with Gasteiger partial charge in [0.2, 0.25) is 0 Å². The Morgan fingerprint density at radius 2 is 1.72 bits per heavy atom. The minimum atomic E-state index is 0.0474. The second-order valence-electron chi connectivity index (χ2n) is 6.80. The highest BCUT2D eigenvalue weighted by atomic mass is 16.2. The Kier molecular flexibility index (Phi) is 5.34. The Morgan fingerprint density at radius 3 is 2.36 bits per heavy atom. The number of nitrogens with one attached hydrogen (secondary N) is 1. The molecule has 1 aromatic heterocycles. The van der Waals surface area contributed by atoms with Gasteiger partial charge in [-0.2, -0.15) is 0 Å². The van der Waals surface area contributed by atoms with Crippen molar-refractivity contribution in [1.29, 1.82) is 0 Å². The van der Waals surface area contributed by atoms with Crippen molar-refractivity contribution in [3.8, 4) is 11.1 Å². The number of piperidine rings is 1. The Labute approximate surface area is 149 Å². The van der Waals surface area contributed by atoms with E-state index in [1.54, 1.807) is 6.20 Å². The van der Waals surface area contributed by atoms with E-state index in [0.717, 1.165) is 42.7 Å². The summed E-state index contributed by atoms with van der Waals surface area (Å²) >= 11 is 0. The third-order valence-electron chi connectivity index (χ3n) is 4.88. The fraction of sp³-hybridized carbons (Fsp3) is 0.400. The summed E-state index contributed by atoms with van der Waals surface area (Å²) in [6.07, 6.45) is 5.48. The average Bonchev–Trinajstić information content (AvgIpc) is 2.67. The number of rotatable bonds is 4. The Balaban J connectivity index is 1.79. The molecule has 1 aliphatic heterocycles. The molecule has 1 aromatic carbocycles. The number of hydrogen-bond acceptors (Lipinski definition) is 4. The molecule has 5 nitrogen and oxygen atoms in total. The van der Waals surface area contributed by atoms with Crippen LogP contribution in [-0.2, 0) is 0 Å². The topological polar surface area (TPSA) is 48.5 Å². The first-order valence-corrected chi connectivity index (χ1v) is 8.77. The maximum Gasteiger partial charge on any atom is 0.255 e. The molecule has 0 aliphatic carbocycles. The number of benzene rings is 1. The van der Waals surface area contributed by atoms with E-state index in [9.17, 15) is 4.79 Å². The van der Waals surface area contributed by atoms with Gasteiger partial charge in [-0.15, -0.1) is 0 Å². The van der Waals surface area contributed by atoms with Crippen molar-refractivity contribution in [3.05, 3.63) is 48.3 Å². The lowest BCUT2D eigenvalue weighted by molar-refractivity contribution is 0.0703. The molecule has 1 N–H and O–H groups in total. The zero-order valence-corrected chi connectivity index (χ0v) is 15.2. The van der Waals surface area contributed by atoms with Crippen LogP contribution < -0.4 is 10.2 Å². The smallest absolute Gasteiger partial charge is 0.255 e. The van der Waals surface area contributed by atoms with Gasteiger partial charge in [0, 0.05) is 50.8 Å². The van der Waals surface area contributed by atoms with E-state index in [2.05, 4.69) is 39.5 Å². The molecule has 1 saturated heterocycles. The second kappa shape index (κ2) is 7.66. The number of pyridine rings is 1. The maximum absolute atomic E-state index is 12.8. The summed E-state index contributed by atoms with van der Waals surface area (Å²) in [5.74, 6) is 0.0474. The number of nitrogens with zero attached hydrogens (tertiary/aromatic N) is 3. The van der Waals surface area contributed by atoms with Crippen LogP contribution in [-0.4, -0.2) is 56.1 Å². The molecule has 1 aliphatic rings. The van der Waals surface area contributed by atoms with Crippen LogP contribution in [0.3, 0.4) is 0 Å². The molecule has 25 heavy (non-hydrogen) atoms. The molecule has 0 spiro atoms. The van der Waals surface area contributed by atoms with Crippen molar-refractivity contribution in [2.75, 3.05) is 39.1 Å². The number of amides is 1. The van der Waals surface area contributed by atoms with Crippen LogP contribution in [0.2, 0.25) is 0 Å². The van der Waals surface area contributed by atoms with Crippen LogP contribution in [0, 0.1) is 0 Å². The number of hydrogen-bond donors (Lipinski definition) is 1. The maximum atomic E-state index is 12.8. The predicted molar refractivity (Wildman–Crippen MR) is 102 cm³/mol. The first-order chi connectivity index (χ1) is 12.1. The highest BCUT2D eigenvalue weighted by Crippen LogP contribution is 2.23. The monoisotopic (exact) mass is 338 g/mol. The van der Waals surface area contributed by atoms with Gasteiger partial charge in [-0.25, -0.2) is 0 Å². The van der Waals surface area contributed by atoms with Crippen molar-refractivity contribution in [1.82, 2.24) is 15.2 Å². The van der Waals surface area contributed by atoms with E-state index in [-0.39, 0.29) is 5.91 Å². The molecule has 0 atom stereocenters. The molecule has 2 aromatic rings. The lowest BCUT2D eigenvalue weighted by Gasteiger charge is -2.31. The largest absolute Gasteiger partial charge is 0.378 e. The molecule has 132 valence electrons. The standard InChI is InChI=1S/C20H26N4O/c1-23(2)18-6-4-15(5-7-18)16-12-17(14-22-13-16)20(25)24(3)19-8-10-21-11-9-19/h4-7,12-14,19,21H,8-11H2,1-3H3. The van der Waals surface area contributed by atoms with Gasteiger partial charge in [-0.05, 0) is 49.7 Å². The molecule has 5 heteroatoms. The Morgan fingerprint density at radius 1 is 1.04 bits per heavy atom. The Hall–Kier alpha value is -2.40. The number of carbonyl (C=O) groups excluding carboxylic acids is 1. The van der Waals surface area contributed by atoms with Crippen LogP contribution in [0.1, 0.15) is 23.2 Å². The third kappa shape index (κ3) is 3.99. The average molecular weight is 338 g/mol. The molecule has 0 unspecified atom stereocenters. The zero-order valence-electron chi connectivity index (χ0n) is 15.2. The summed E-state index contributed by atoms with van der Waals surface area (Å²) in [4.78, 5) is 21.1. The van der Waals surface area contributed by atoms with Gasteiger partial charge in [-0.1, -0.05) is 12.1 Å². The first kappa shape index (κ1) is 17.4. The van der Waals surface area contributed by atoms with E-state index in [4.69, 9.17) is 0 Å². The predicted octanol–water partition coefficient (Wildman–Crippen LogP) is 2.64. The fourth-order valence-corrected chi connectivity index (χ4v) is 3.23. The number of aromatic nitrogens is 1. The number of anilines is 1. The molecular formula is C20H26N4O. The molecule has 3 rings (SSSR count). The van der Waals surface area contributed by atoms with Gasteiger partial charge >= 0.3 is 0 Å². The van der Waals surface area contributed by atoms with E-state index < -0.39 is 0 Å². The minimum Gasteiger partial charge on any atom is -0.378 e. The van der Waals surface area contributed by atoms with Gasteiger partial charge in [0.25, 0.3) is 5.91 Å². The van der Waals surface area contributed by atoms with Crippen LogP contribution >= 0.6 is 0 Å². The third-order valence-corrected chi connectivity index (χ3v) is 4.88. The molecule has 2 heterocycles. The van der Waals surface area contributed by atoms with Gasteiger partial charge in [0.05, 0.1) is 5.56 Å². The van der Waals surface area contributed by atoms with Crippen molar-refractivity contribution >= 4 is 11.6 Å². The summed E-state index contributed by atoms with van der Waals surface area (Å²) in [7, 11) is 5.94. The van der Waals surface area contributed by atoms with Crippen LogP contribution in [0.15, 0.2) is 42.7 Å². The highest BCUT2D eigenvalue weighted by molar-refractivity contribution is 5.95. The van der Waals surface area contributed by atoms with Crippen molar-refractivity contribution in [2.45, 2.75) is 18.9 Å². The SMILES string of the molecule is CN(C)c1ccc(-c2cncc(C(=O)N(C)C3CCNCC3)c2)cc1. The summed E-state index contributed by atoms with van der Waals surface area (Å²) in [6.45, 7) is 1.94. The molecule has 0 bridgehead atoms. The summed E-state index contributed by atoms with van der Waals surface area (Å²) < 4.78 is 0. The normalized spacial score (nSPS) is 15.0. The summed E-state index contributed by atoms with van der Waals surface area (Å²) in [6, 6.07) is 10.5. The van der Waals surface area contributed by atoms with Gasteiger partial charge < -0.3 is 15.1 Å². The number of carbonyl (C=O) groups is 1. The molecule has 0 saturated carbocycles. The van der Waals surface area contributed by atoms with Crippen LogP contribution in [0.4, 0.5) is 5.69 Å². The molecule has 1 fully saturated rings. The second-order valence-corrected chi connectivity index (χ2v) is 6.80. The van der Waals surface area contributed by atoms with Crippen LogP contribution in [0.25, 0.3) is 11.1 Å². The van der Waals surface area contributed by atoms with Crippen molar-refractivity contribution < 1.29 is 4.79 Å². The van der Waals surface area contributed by atoms with E-state index in [1.165, 1.54) is 0 Å². The lowest BCUT2D eigenvalue weighted by Crippen LogP contribution is -2.44. The fourth-order valence-electron chi connectivity index (χ4n) is 3.23. The minimum absolute atomic E-state index is 0.0474. The van der Waals surface area contributed by atoms with E-state index in [1.807, 2.05) is 38.3 Å². The molecular weight excluding hydrogens is 312 g/mol. The summed E-state index contributed by atoms with van der Waals surface area (Å²) in [5, 5.41) is 3.34. The lowest BCUT2D eigenvalue weighted by atomic mass is 10.0. The quantitative estimate of drug-likeness (QED) is 0.931. The van der Waals surface area contributed by atoms with Crippen molar-refractivity contribution in [2.24, 2.45) is 0 Å². The molecule has 0 radical (unpaired) electrons. The van der Waals surface area contributed by atoms with Gasteiger partial charge in [-0.3, -0.25) is 9.78 Å². The van der Waals surface area contributed by atoms with E-state index >= 15 is 0 Å². The summed E-state index contributed by atoms with van der Waals surface area (Å²) in [5.41, 5.74) is 3.83. The van der Waals surface area contributed by atoms with Crippen molar-refractivity contribution in [3.63, 3.8) is 0 Å².